The first-order valence-corrected chi connectivity index (χ1v) is 7.04. The van der Waals surface area contributed by atoms with Crippen LogP contribution in [-0.2, 0) is 6.42 Å². The summed E-state index contributed by atoms with van der Waals surface area (Å²) in [4.78, 5) is 0. The van der Waals surface area contributed by atoms with Crippen LogP contribution in [-0.4, -0.2) is 0 Å². The lowest BCUT2D eigenvalue weighted by atomic mass is 9.96. The maximum Gasteiger partial charge on any atom is 0.126 e. The van der Waals surface area contributed by atoms with Gasteiger partial charge in [-0.2, -0.15) is 0 Å². The normalized spacial score (nSPS) is 12.5. The van der Waals surface area contributed by atoms with Crippen molar-refractivity contribution in [3.05, 3.63) is 68.9 Å². The highest BCUT2D eigenvalue weighted by atomic mass is 79.9. The minimum absolute atomic E-state index is 0.191. The molecule has 3 heteroatoms. The van der Waals surface area contributed by atoms with Crippen LogP contribution in [0.4, 0.5) is 4.39 Å². The molecule has 2 aromatic carbocycles. The molecule has 0 aromatic heterocycles. The second kappa shape index (κ2) is 5.85. The smallest absolute Gasteiger partial charge is 0.126 e. The van der Waals surface area contributed by atoms with Crippen molar-refractivity contribution < 1.29 is 4.39 Å². The van der Waals surface area contributed by atoms with Crippen LogP contribution in [0.2, 0.25) is 0 Å². The van der Waals surface area contributed by atoms with Crippen molar-refractivity contribution in [2.24, 2.45) is 5.73 Å². The van der Waals surface area contributed by atoms with E-state index in [0.717, 1.165) is 21.2 Å². The first-order chi connectivity index (χ1) is 8.99. The minimum atomic E-state index is -0.192. The van der Waals surface area contributed by atoms with Crippen LogP contribution in [0, 0.1) is 19.7 Å². The Labute approximate surface area is 121 Å². The molecule has 2 rings (SSSR count). The number of aryl methyl sites for hydroxylation is 2. The van der Waals surface area contributed by atoms with Gasteiger partial charge in [-0.15, -0.1) is 0 Å². The van der Waals surface area contributed by atoms with E-state index in [1.54, 1.807) is 12.1 Å². The molecular formula is C16H17BrFN. The van der Waals surface area contributed by atoms with Gasteiger partial charge in [0.2, 0.25) is 0 Å². The van der Waals surface area contributed by atoms with Crippen molar-refractivity contribution in [1.29, 1.82) is 0 Å². The van der Waals surface area contributed by atoms with E-state index >= 15 is 0 Å². The molecule has 0 bridgehead atoms. The average molecular weight is 322 g/mol. The van der Waals surface area contributed by atoms with Crippen LogP contribution in [0.15, 0.2) is 40.9 Å². The quantitative estimate of drug-likeness (QED) is 0.888. The fraction of sp³-hybridized carbons (Fsp3) is 0.250. The molecule has 0 aliphatic carbocycles. The molecule has 100 valence electrons. The monoisotopic (exact) mass is 321 g/mol. The lowest BCUT2D eigenvalue weighted by Gasteiger charge is -2.15. The maximum atomic E-state index is 13.6. The first kappa shape index (κ1) is 14.2. The fourth-order valence-corrected chi connectivity index (χ4v) is 2.44. The summed E-state index contributed by atoms with van der Waals surface area (Å²) in [6.07, 6.45) is 0.507. The zero-order valence-corrected chi connectivity index (χ0v) is 12.7. The molecule has 0 saturated heterocycles. The highest BCUT2D eigenvalue weighted by Gasteiger charge is 2.12. The van der Waals surface area contributed by atoms with Crippen molar-refractivity contribution in [2.45, 2.75) is 26.3 Å². The van der Waals surface area contributed by atoms with Crippen molar-refractivity contribution in [3.63, 3.8) is 0 Å². The molecule has 0 spiro atoms. The number of hydrogen-bond donors (Lipinski definition) is 1. The second-order valence-corrected chi connectivity index (χ2v) is 5.66. The van der Waals surface area contributed by atoms with E-state index < -0.39 is 0 Å². The number of halogens is 2. The molecule has 0 fully saturated rings. The fourth-order valence-electron chi connectivity index (χ4n) is 2.21. The molecule has 1 atom stereocenters. The molecule has 0 radical (unpaired) electrons. The van der Waals surface area contributed by atoms with E-state index in [9.17, 15) is 4.39 Å². The largest absolute Gasteiger partial charge is 0.324 e. The highest BCUT2D eigenvalue weighted by Crippen LogP contribution is 2.26. The van der Waals surface area contributed by atoms with Crippen LogP contribution in [0.3, 0.4) is 0 Å². The van der Waals surface area contributed by atoms with E-state index in [1.807, 2.05) is 19.9 Å². The van der Waals surface area contributed by atoms with Gasteiger partial charge in [-0.05, 0) is 48.6 Å². The third-order valence-electron chi connectivity index (χ3n) is 3.28. The summed E-state index contributed by atoms with van der Waals surface area (Å²) in [5.41, 5.74) is 10.2. The van der Waals surface area contributed by atoms with Gasteiger partial charge in [-0.25, -0.2) is 4.39 Å². The Kier molecular flexibility index (Phi) is 4.38. The zero-order valence-electron chi connectivity index (χ0n) is 11.1. The van der Waals surface area contributed by atoms with Crippen molar-refractivity contribution in [3.8, 4) is 0 Å². The molecule has 1 nitrogen and oxygen atoms in total. The van der Waals surface area contributed by atoms with Gasteiger partial charge in [0, 0.05) is 10.5 Å². The molecule has 19 heavy (non-hydrogen) atoms. The van der Waals surface area contributed by atoms with Gasteiger partial charge in [0.05, 0.1) is 0 Å². The summed E-state index contributed by atoms with van der Waals surface area (Å²) in [6.45, 7) is 4.08. The van der Waals surface area contributed by atoms with E-state index in [-0.39, 0.29) is 11.9 Å². The average Bonchev–Trinajstić information content (AvgIpc) is 2.38. The third kappa shape index (κ3) is 3.23. The Morgan fingerprint density at radius 1 is 1.16 bits per heavy atom. The van der Waals surface area contributed by atoms with Crippen LogP contribution < -0.4 is 5.73 Å². The van der Waals surface area contributed by atoms with Gasteiger partial charge in [-0.1, -0.05) is 46.3 Å². The van der Waals surface area contributed by atoms with Gasteiger partial charge in [-0.3, -0.25) is 0 Å². The van der Waals surface area contributed by atoms with Crippen LogP contribution in [0.5, 0.6) is 0 Å². The first-order valence-electron chi connectivity index (χ1n) is 6.24. The van der Waals surface area contributed by atoms with Crippen molar-refractivity contribution in [1.82, 2.24) is 0 Å². The number of rotatable bonds is 3. The topological polar surface area (TPSA) is 26.0 Å². The SMILES string of the molecule is Cc1cc(C(N)Cc2ccccc2F)cc(C)c1Br. The molecular weight excluding hydrogens is 305 g/mol. The van der Waals surface area contributed by atoms with Gasteiger partial charge < -0.3 is 5.73 Å². The summed E-state index contributed by atoms with van der Waals surface area (Å²) in [5.74, 6) is -0.191. The summed E-state index contributed by atoms with van der Waals surface area (Å²) in [5, 5.41) is 0. The summed E-state index contributed by atoms with van der Waals surface area (Å²) in [7, 11) is 0. The predicted molar refractivity (Wildman–Crippen MR) is 80.6 cm³/mol. The van der Waals surface area contributed by atoms with Crippen molar-refractivity contribution >= 4 is 15.9 Å². The Balaban J connectivity index is 2.26. The summed E-state index contributed by atoms with van der Waals surface area (Å²) < 4.78 is 14.7. The van der Waals surface area contributed by atoms with E-state index in [0.29, 0.717) is 12.0 Å². The third-order valence-corrected chi connectivity index (χ3v) is 4.54. The predicted octanol–water partition coefficient (Wildman–Crippen LogP) is 4.45. The Morgan fingerprint density at radius 2 is 1.74 bits per heavy atom. The van der Waals surface area contributed by atoms with Gasteiger partial charge >= 0.3 is 0 Å². The molecule has 2 aromatic rings. The molecule has 1 unspecified atom stereocenters. The zero-order chi connectivity index (χ0) is 14.0. The van der Waals surface area contributed by atoms with E-state index in [2.05, 4.69) is 28.1 Å². The van der Waals surface area contributed by atoms with Gasteiger partial charge in [0.1, 0.15) is 5.82 Å². The molecule has 0 amide bonds. The number of hydrogen-bond acceptors (Lipinski definition) is 1. The Morgan fingerprint density at radius 3 is 2.32 bits per heavy atom. The lowest BCUT2D eigenvalue weighted by molar-refractivity contribution is 0.593. The maximum absolute atomic E-state index is 13.6. The van der Waals surface area contributed by atoms with E-state index in [4.69, 9.17) is 5.73 Å². The molecule has 2 N–H and O–H groups in total. The summed E-state index contributed by atoms with van der Waals surface area (Å²) >= 11 is 3.54. The molecule has 0 aliphatic heterocycles. The van der Waals surface area contributed by atoms with E-state index in [1.165, 1.54) is 6.07 Å². The standard InChI is InChI=1S/C16H17BrFN/c1-10-7-13(8-11(2)16(10)17)15(19)9-12-5-3-4-6-14(12)18/h3-8,15H,9,19H2,1-2H3. The lowest BCUT2D eigenvalue weighted by Crippen LogP contribution is -2.14. The Hall–Kier alpha value is -1.19. The Bertz CT molecular complexity index is 572. The molecule has 0 heterocycles. The van der Waals surface area contributed by atoms with Crippen molar-refractivity contribution in [2.75, 3.05) is 0 Å². The van der Waals surface area contributed by atoms with Gasteiger partial charge in [0.25, 0.3) is 0 Å². The highest BCUT2D eigenvalue weighted by molar-refractivity contribution is 9.10. The second-order valence-electron chi connectivity index (χ2n) is 4.87. The van der Waals surface area contributed by atoms with Crippen LogP contribution in [0.1, 0.15) is 28.3 Å². The molecule has 0 aliphatic rings. The number of benzene rings is 2. The summed E-state index contributed by atoms with van der Waals surface area (Å²) in [6, 6.07) is 10.7. The minimum Gasteiger partial charge on any atom is -0.324 e. The molecule has 0 saturated carbocycles. The van der Waals surface area contributed by atoms with Crippen LogP contribution in [0.25, 0.3) is 0 Å². The van der Waals surface area contributed by atoms with Crippen LogP contribution >= 0.6 is 15.9 Å². The van der Waals surface area contributed by atoms with Gasteiger partial charge in [0.15, 0.2) is 0 Å². The number of nitrogens with two attached hydrogens (primary N) is 1.